The number of benzene rings is 1. The zero-order chi connectivity index (χ0) is 25.2. The number of hydrogen-bond acceptors (Lipinski definition) is 8. The molecule has 1 amide bonds. The first-order valence-corrected chi connectivity index (χ1v) is 12.6. The highest BCUT2D eigenvalue weighted by molar-refractivity contribution is 5.82. The number of morpholine rings is 1. The van der Waals surface area contributed by atoms with E-state index in [2.05, 4.69) is 24.8 Å². The Kier molecular flexibility index (Phi) is 6.32. The first-order valence-electron chi connectivity index (χ1n) is 12.6. The van der Waals surface area contributed by atoms with Crippen LogP contribution >= 0.6 is 0 Å². The zero-order valence-corrected chi connectivity index (χ0v) is 20.5. The topological polar surface area (TPSA) is 99.9 Å². The summed E-state index contributed by atoms with van der Waals surface area (Å²) in [5.74, 6) is 0.963. The lowest BCUT2D eigenvalue weighted by molar-refractivity contribution is -0.132. The summed E-state index contributed by atoms with van der Waals surface area (Å²) in [6.45, 7) is 5.81. The van der Waals surface area contributed by atoms with Crippen LogP contribution in [0.5, 0.6) is 5.75 Å². The van der Waals surface area contributed by atoms with Crippen LogP contribution in [0.2, 0.25) is 0 Å². The van der Waals surface area contributed by atoms with Gasteiger partial charge in [-0.1, -0.05) is 0 Å². The molecule has 2 aliphatic rings. The maximum absolute atomic E-state index is 13.0. The lowest BCUT2D eigenvalue weighted by Gasteiger charge is -2.37. The maximum atomic E-state index is 13.0. The summed E-state index contributed by atoms with van der Waals surface area (Å²) in [6.07, 6.45) is 7.29. The van der Waals surface area contributed by atoms with Gasteiger partial charge in [0, 0.05) is 86.3 Å². The molecule has 10 heteroatoms. The highest BCUT2D eigenvalue weighted by atomic mass is 16.5. The van der Waals surface area contributed by atoms with E-state index < -0.39 is 0 Å². The minimum atomic E-state index is 0.0841. The van der Waals surface area contributed by atoms with Crippen LogP contribution in [0.1, 0.15) is 0 Å². The quantitative estimate of drug-likeness (QED) is 0.447. The molecule has 0 saturated carbocycles. The molecule has 2 saturated heterocycles. The van der Waals surface area contributed by atoms with Crippen molar-refractivity contribution in [2.75, 3.05) is 62.3 Å². The second kappa shape index (κ2) is 10.1. The Hall–Kier alpha value is -4.18. The Bertz CT molecular complexity index is 1390. The Balaban J connectivity index is 1.15. The predicted molar refractivity (Wildman–Crippen MR) is 141 cm³/mol. The van der Waals surface area contributed by atoms with Crippen molar-refractivity contribution in [3.63, 3.8) is 0 Å². The molecule has 0 atom stereocenters. The van der Waals surface area contributed by atoms with Crippen LogP contribution in [0.4, 0.5) is 11.6 Å². The van der Waals surface area contributed by atoms with Gasteiger partial charge in [0.05, 0.1) is 13.2 Å². The van der Waals surface area contributed by atoms with Crippen LogP contribution in [-0.4, -0.2) is 87.9 Å². The molecule has 0 bridgehead atoms. The molecule has 0 unspecified atom stereocenters. The van der Waals surface area contributed by atoms with Gasteiger partial charge in [0.15, 0.2) is 0 Å². The summed E-state index contributed by atoms with van der Waals surface area (Å²) in [6, 6.07) is 11.3. The average molecular weight is 500 g/mol. The van der Waals surface area contributed by atoms with Gasteiger partial charge in [0.2, 0.25) is 11.9 Å². The molecule has 1 aromatic carbocycles. The third-order valence-electron chi connectivity index (χ3n) is 7.02. The number of pyridine rings is 1. The lowest BCUT2D eigenvalue weighted by Crippen LogP contribution is -2.49. The van der Waals surface area contributed by atoms with Crippen LogP contribution in [0.15, 0.2) is 61.2 Å². The van der Waals surface area contributed by atoms with Gasteiger partial charge in [0.1, 0.15) is 17.9 Å². The lowest BCUT2D eigenvalue weighted by atomic mass is 10.0. The number of phenols is 1. The van der Waals surface area contributed by atoms with Gasteiger partial charge < -0.3 is 29.1 Å². The van der Waals surface area contributed by atoms with Crippen molar-refractivity contribution in [3.8, 4) is 16.9 Å². The Labute approximate surface area is 214 Å². The van der Waals surface area contributed by atoms with E-state index in [-0.39, 0.29) is 18.2 Å². The second-order valence-corrected chi connectivity index (χ2v) is 9.30. The summed E-state index contributed by atoms with van der Waals surface area (Å²) in [7, 11) is 0. The molecule has 37 heavy (non-hydrogen) atoms. The van der Waals surface area contributed by atoms with E-state index in [1.54, 1.807) is 18.3 Å². The summed E-state index contributed by atoms with van der Waals surface area (Å²) < 4.78 is 7.32. The predicted octanol–water partition coefficient (Wildman–Crippen LogP) is 2.38. The van der Waals surface area contributed by atoms with Gasteiger partial charge in [0.25, 0.3) is 0 Å². The zero-order valence-electron chi connectivity index (χ0n) is 20.5. The first-order chi connectivity index (χ1) is 18.2. The van der Waals surface area contributed by atoms with E-state index in [9.17, 15) is 9.90 Å². The van der Waals surface area contributed by atoms with Crippen LogP contribution in [-0.2, 0) is 16.1 Å². The number of piperazine rings is 1. The fourth-order valence-corrected chi connectivity index (χ4v) is 5.01. The molecule has 6 rings (SSSR count). The van der Waals surface area contributed by atoms with Gasteiger partial charge in [-0.15, -0.1) is 0 Å². The number of rotatable bonds is 5. The number of carbonyl (C=O) groups excluding carboxylic acids is 1. The maximum Gasteiger partial charge on any atom is 0.242 e. The molecular weight excluding hydrogens is 470 g/mol. The van der Waals surface area contributed by atoms with Crippen molar-refractivity contribution in [2.45, 2.75) is 6.54 Å². The van der Waals surface area contributed by atoms with E-state index in [1.165, 1.54) is 0 Å². The van der Waals surface area contributed by atoms with Crippen molar-refractivity contribution in [1.82, 2.24) is 24.4 Å². The molecular formula is C27H29N7O3. The molecule has 0 spiro atoms. The molecule has 1 N–H and O–H groups in total. The fraction of sp³-hybridized carbons (Fsp3) is 0.333. The number of aromatic nitrogens is 4. The molecule has 0 aliphatic carbocycles. The third kappa shape index (κ3) is 4.79. The van der Waals surface area contributed by atoms with Gasteiger partial charge in [-0.2, -0.15) is 0 Å². The summed E-state index contributed by atoms with van der Waals surface area (Å²) in [5.41, 5.74) is 3.53. The molecule has 2 aliphatic heterocycles. The Morgan fingerprint density at radius 2 is 1.70 bits per heavy atom. The Morgan fingerprint density at radius 1 is 0.919 bits per heavy atom. The number of phenolic OH excluding ortho intramolecular Hbond substituents is 1. The third-order valence-corrected chi connectivity index (χ3v) is 7.02. The van der Waals surface area contributed by atoms with E-state index in [0.717, 1.165) is 40.9 Å². The normalized spacial score (nSPS) is 16.4. The van der Waals surface area contributed by atoms with Crippen LogP contribution in [0.25, 0.3) is 22.2 Å². The highest BCUT2D eigenvalue weighted by Gasteiger charge is 2.24. The van der Waals surface area contributed by atoms with E-state index in [1.807, 2.05) is 52.3 Å². The van der Waals surface area contributed by atoms with Crippen molar-refractivity contribution in [3.05, 3.63) is 61.2 Å². The Morgan fingerprint density at radius 3 is 2.49 bits per heavy atom. The summed E-state index contributed by atoms with van der Waals surface area (Å²) >= 11 is 0. The van der Waals surface area contributed by atoms with Gasteiger partial charge in [-0.25, -0.2) is 15.0 Å². The van der Waals surface area contributed by atoms with Crippen molar-refractivity contribution in [1.29, 1.82) is 0 Å². The van der Waals surface area contributed by atoms with Crippen molar-refractivity contribution >= 4 is 28.6 Å². The summed E-state index contributed by atoms with van der Waals surface area (Å²) in [5, 5.41) is 11.3. The molecule has 3 aromatic heterocycles. The van der Waals surface area contributed by atoms with Gasteiger partial charge in [-0.05, 0) is 36.4 Å². The molecule has 4 aromatic rings. The smallest absolute Gasteiger partial charge is 0.242 e. The standard InChI is InChI=1S/C27H29N7O3/c35-22-3-4-24(23(16-22)21-17-29-27(30-18-21)33-12-14-37-15-13-33)31-8-10-32(11-9-31)25(36)19-34-7-5-20-2-1-6-28-26(20)34/h1-7,16-18,35H,8-15,19H2. The molecule has 10 nitrogen and oxygen atoms in total. The highest BCUT2D eigenvalue weighted by Crippen LogP contribution is 2.34. The molecule has 5 heterocycles. The number of ether oxygens (including phenoxy) is 1. The number of carbonyl (C=O) groups is 1. The number of anilines is 2. The first kappa shape index (κ1) is 23.2. The number of amides is 1. The van der Waals surface area contributed by atoms with Gasteiger partial charge >= 0.3 is 0 Å². The van der Waals surface area contributed by atoms with Crippen LogP contribution in [0, 0.1) is 0 Å². The number of nitrogens with zero attached hydrogens (tertiary/aromatic N) is 7. The van der Waals surface area contributed by atoms with Gasteiger partial charge in [-0.3, -0.25) is 4.79 Å². The monoisotopic (exact) mass is 499 g/mol. The van der Waals surface area contributed by atoms with Crippen molar-refractivity contribution < 1.29 is 14.6 Å². The van der Waals surface area contributed by atoms with E-state index in [0.29, 0.717) is 45.3 Å². The molecule has 190 valence electrons. The van der Waals surface area contributed by atoms with Crippen LogP contribution in [0.3, 0.4) is 0 Å². The second-order valence-electron chi connectivity index (χ2n) is 9.30. The number of hydrogen-bond donors (Lipinski definition) is 1. The minimum Gasteiger partial charge on any atom is -0.508 e. The SMILES string of the molecule is O=C(Cn1ccc2cccnc21)N1CCN(c2ccc(O)cc2-c2cnc(N3CCOCC3)nc2)CC1. The fourth-order valence-electron chi connectivity index (χ4n) is 5.01. The number of fused-ring (bicyclic) bond motifs is 1. The average Bonchev–Trinajstić information content (AvgIpc) is 3.36. The van der Waals surface area contributed by atoms with Crippen molar-refractivity contribution in [2.24, 2.45) is 0 Å². The van der Waals surface area contributed by atoms with E-state index >= 15 is 0 Å². The number of aromatic hydroxyl groups is 1. The summed E-state index contributed by atoms with van der Waals surface area (Å²) in [4.78, 5) is 32.9. The van der Waals surface area contributed by atoms with E-state index in [4.69, 9.17) is 4.74 Å². The largest absolute Gasteiger partial charge is 0.508 e. The minimum absolute atomic E-state index is 0.0841. The molecule has 2 fully saturated rings. The molecule has 0 radical (unpaired) electrons. The van der Waals surface area contributed by atoms with Crippen LogP contribution < -0.4 is 9.80 Å².